The molecular formula is C23H21NO6S. The van der Waals surface area contributed by atoms with Gasteiger partial charge in [0.2, 0.25) is 0 Å². The maximum Gasteiger partial charge on any atom is 0.338 e. The van der Waals surface area contributed by atoms with Gasteiger partial charge in [-0.3, -0.25) is 4.79 Å². The molecule has 8 heteroatoms. The van der Waals surface area contributed by atoms with E-state index in [1.165, 1.54) is 24.3 Å². The fourth-order valence-corrected chi connectivity index (χ4v) is 3.28. The summed E-state index contributed by atoms with van der Waals surface area (Å²) in [6, 6.07) is 19.8. The highest BCUT2D eigenvalue weighted by atomic mass is 32.2. The Morgan fingerprint density at radius 3 is 2.13 bits per heavy atom. The lowest BCUT2D eigenvalue weighted by atomic mass is 10.2. The fourth-order valence-electron chi connectivity index (χ4n) is 2.61. The van der Waals surface area contributed by atoms with Crippen molar-refractivity contribution in [1.29, 1.82) is 0 Å². The average Bonchev–Trinajstić information content (AvgIpc) is 2.74. The Bertz CT molecular complexity index is 1190. The zero-order chi connectivity index (χ0) is 22.4. The van der Waals surface area contributed by atoms with E-state index in [1.807, 2.05) is 31.2 Å². The Morgan fingerprint density at radius 1 is 0.903 bits per heavy atom. The van der Waals surface area contributed by atoms with Crippen molar-refractivity contribution in [3.8, 4) is 11.5 Å². The highest BCUT2D eigenvalue weighted by Crippen LogP contribution is 2.23. The predicted molar refractivity (Wildman–Crippen MR) is 116 cm³/mol. The number of nitrogens with one attached hydrogen (secondary N) is 1. The van der Waals surface area contributed by atoms with Crippen LogP contribution in [0.5, 0.6) is 11.5 Å². The number of carbonyl (C=O) groups excluding carboxylic acids is 2. The number of aryl methyl sites for hydroxylation is 1. The molecule has 31 heavy (non-hydrogen) atoms. The molecule has 0 saturated carbocycles. The number of amides is 1. The van der Waals surface area contributed by atoms with E-state index in [-0.39, 0.29) is 10.5 Å². The Balaban J connectivity index is 1.52. The van der Waals surface area contributed by atoms with Crippen LogP contribution in [0.2, 0.25) is 0 Å². The van der Waals surface area contributed by atoms with Gasteiger partial charge in [-0.15, -0.1) is 0 Å². The van der Waals surface area contributed by atoms with Crippen molar-refractivity contribution in [2.45, 2.75) is 11.8 Å². The fraction of sp³-hybridized carbons (Fsp3) is 0.130. The van der Waals surface area contributed by atoms with Crippen LogP contribution in [-0.4, -0.2) is 33.2 Å². The summed E-state index contributed by atoms with van der Waals surface area (Å²) in [7, 11) is -3.45. The summed E-state index contributed by atoms with van der Waals surface area (Å²) in [6.07, 6.45) is 1.04. The molecule has 1 N–H and O–H groups in total. The van der Waals surface area contributed by atoms with Crippen LogP contribution in [-0.2, 0) is 19.4 Å². The van der Waals surface area contributed by atoms with Crippen LogP contribution in [0, 0.1) is 6.92 Å². The average molecular weight is 439 g/mol. The second kappa shape index (κ2) is 9.44. The summed E-state index contributed by atoms with van der Waals surface area (Å²) >= 11 is 0. The van der Waals surface area contributed by atoms with Crippen molar-refractivity contribution in [2.24, 2.45) is 0 Å². The Morgan fingerprint density at radius 2 is 1.52 bits per heavy atom. The SMILES string of the molecule is Cc1ccc(Oc2ccc(NC(=O)COC(=O)c3cccc(S(C)(=O)=O)c3)cc2)cc1. The van der Waals surface area contributed by atoms with Crippen molar-refractivity contribution >= 4 is 27.4 Å². The molecule has 0 spiro atoms. The highest BCUT2D eigenvalue weighted by Gasteiger charge is 2.14. The molecule has 0 heterocycles. The van der Waals surface area contributed by atoms with E-state index >= 15 is 0 Å². The third kappa shape index (κ3) is 6.42. The molecule has 3 aromatic rings. The van der Waals surface area contributed by atoms with Gasteiger partial charge in [-0.25, -0.2) is 13.2 Å². The van der Waals surface area contributed by atoms with Crippen LogP contribution in [0.4, 0.5) is 5.69 Å². The van der Waals surface area contributed by atoms with Gasteiger partial charge in [0, 0.05) is 11.9 Å². The summed E-state index contributed by atoms with van der Waals surface area (Å²) in [6.45, 7) is 1.48. The van der Waals surface area contributed by atoms with Crippen molar-refractivity contribution in [3.05, 3.63) is 83.9 Å². The van der Waals surface area contributed by atoms with Gasteiger partial charge < -0.3 is 14.8 Å². The normalized spacial score (nSPS) is 10.9. The molecule has 0 saturated heterocycles. The van der Waals surface area contributed by atoms with E-state index < -0.39 is 28.3 Å². The van der Waals surface area contributed by atoms with E-state index in [0.29, 0.717) is 17.2 Å². The third-order valence-corrected chi connectivity index (χ3v) is 5.34. The Hall–Kier alpha value is -3.65. The number of carbonyl (C=O) groups is 2. The van der Waals surface area contributed by atoms with Crippen molar-refractivity contribution in [3.63, 3.8) is 0 Å². The lowest BCUT2D eigenvalue weighted by Crippen LogP contribution is -2.21. The molecule has 3 rings (SSSR count). The van der Waals surface area contributed by atoms with Crippen LogP contribution in [0.1, 0.15) is 15.9 Å². The highest BCUT2D eigenvalue weighted by molar-refractivity contribution is 7.90. The Kier molecular flexibility index (Phi) is 6.71. The minimum atomic E-state index is -3.45. The number of anilines is 1. The van der Waals surface area contributed by atoms with Crippen molar-refractivity contribution < 1.29 is 27.5 Å². The first-order valence-corrected chi connectivity index (χ1v) is 11.2. The van der Waals surface area contributed by atoms with Crippen LogP contribution in [0.3, 0.4) is 0 Å². The molecule has 1 amide bonds. The quantitative estimate of drug-likeness (QED) is 0.559. The molecule has 0 bridgehead atoms. The minimum absolute atomic E-state index is 0.000604. The smallest absolute Gasteiger partial charge is 0.338 e. The summed E-state index contributed by atoms with van der Waals surface area (Å²) in [5, 5.41) is 2.62. The maximum absolute atomic E-state index is 12.1. The van der Waals surface area contributed by atoms with Crippen LogP contribution in [0.25, 0.3) is 0 Å². The molecule has 160 valence electrons. The van der Waals surface area contributed by atoms with Crippen molar-refractivity contribution in [2.75, 3.05) is 18.2 Å². The molecule has 3 aromatic carbocycles. The monoisotopic (exact) mass is 439 g/mol. The van der Waals surface area contributed by atoms with Gasteiger partial charge in [-0.1, -0.05) is 23.8 Å². The number of hydrogen-bond donors (Lipinski definition) is 1. The standard InChI is InChI=1S/C23H21NO6S/c1-16-6-10-19(11-7-16)30-20-12-8-18(9-13-20)24-22(25)15-29-23(26)17-4-3-5-21(14-17)31(2,27)28/h3-14H,15H2,1-2H3,(H,24,25). The maximum atomic E-state index is 12.1. The molecule has 0 fully saturated rings. The number of hydrogen-bond acceptors (Lipinski definition) is 6. The Labute approximate surface area is 180 Å². The zero-order valence-electron chi connectivity index (χ0n) is 17.0. The van der Waals surface area contributed by atoms with Crippen LogP contribution < -0.4 is 10.1 Å². The van der Waals surface area contributed by atoms with Gasteiger partial charge in [0.15, 0.2) is 16.4 Å². The molecule has 0 aliphatic rings. The first kappa shape index (κ1) is 22.0. The summed E-state index contributed by atoms with van der Waals surface area (Å²) < 4.78 is 33.9. The molecule has 7 nitrogen and oxygen atoms in total. The molecule has 0 aliphatic carbocycles. The lowest BCUT2D eigenvalue weighted by molar-refractivity contribution is -0.119. The van der Waals surface area contributed by atoms with Gasteiger partial charge in [0.1, 0.15) is 11.5 Å². The summed E-state index contributed by atoms with van der Waals surface area (Å²) in [4.78, 5) is 24.2. The summed E-state index contributed by atoms with van der Waals surface area (Å²) in [5.41, 5.74) is 1.69. The molecule has 0 unspecified atom stereocenters. The van der Waals surface area contributed by atoms with Gasteiger partial charge in [-0.05, 0) is 61.5 Å². The first-order valence-electron chi connectivity index (χ1n) is 9.32. The molecule has 0 atom stereocenters. The molecule has 0 radical (unpaired) electrons. The minimum Gasteiger partial charge on any atom is -0.457 e. The number of benzene rings is 3. The first-order chi connectivity index (χ1) is 14.7. The molecule has 0 aromatic heterocycles. The van der Waals surface area contributed by atoms with E-state index in [2.05, 4.69) is 5.32 Å². The number of rotatable bonds is 7. The largest absolute Gasteiger partial charge is 0.457 e. The van der Waals surface area contributed by atoms with Gasteiger partial charge in [0.05, 0.1) is 10.5 Å². The number of ether oxygens (including phenoxy) is 2. The number of esters is 1. The number of sulfone groups is 1. The second-order valence-corrected chi connectivity index (χ2v) is 8.88. The second-order valence-electron chi connectivity index (χ2n) is 6.86. The third-order valence-electron chi connectivity index (χ3n) is 4.23. The van der Waals surface area contributed by atoms with E-state index in [9.17, 15) is 18.0 Å². The lowest BCUT2D eigenvalue weighted by Gasteiger charge is -2.09. The summed E-state index contributed by atoms with van der Waals surface area (Å²) in [5.74, 6) is -0.00408. The van der Waals surface area contributed by atoms with Gasteiger partial charge >= 0.3 is 5.97 Å². The topological polar surface area (TPSA) is 98.8 Å². The van der Waals surface area contributed by atoms with Crippen molar-refractivity contribution in [1.82, 2.24) is 0 Å². The molecule has 0 aliphatic heterocycles. The van der Waals surface area contributed by atoms with Crippen LogP contribution in [0.15, 0.2) is 77.7 Å². The van der Waals surface area contributed by atoms with Gasteiger partial charge in [-0.2, -0.15) is 0 Å². The molecular weight excluding hydrogens is 418 g/mol. The van der Waals surface area contributed by atoms with Gasteiger partial charge in [0.25, 0.3) is 5.91 Å². The van der Waals surface area contributed by atoms with E-state index in [1.54, 1.807) is 24.3 Å². The zero-order valence-corrected chi connectivity index (χ0v) is 17.8. The van der Waals surface area contributed by atoms with Crippen LogP contribution >= 0.6 is 0 Å². The van der Waals surface area contributed by atoms with E-state index in [0.717, 1.165) is 11.8 Å². The predicted octanol–water partition coefficient (Wildman–Crippen LogP) is 3.99. The van der Waals surface area contributed by atoms with E-state index in [4.69, 9.17) is 9.47 Å².